The molecular weight excluding hydrogens is 270 g/mol. The van der Waals surface area contributed by atoms with Crippen molar-refractivity contribution in [3.8, 4) is 5.75 Å². The number of rotatable bonds is 3. The molecule has 1 aromatic carbocycles. The van der Waals surface area contributed by atoms with Gasteiger partial charge in [-0.2, -0.15) is 8.42 Å². The highest BCUT2D eigenvalue weighted by atomic mass is 32.3. The van der Waals surface area contributed by atoms with Crippen molar-refractivity contribution in [2.75, 3.05) is 12.3 Å². The molecule has 0 aliphatic carbocycles. The SMILES string of the molecule is COc1cccc([N+](=O)[O-])c1N1NOS(=O)(=O)O1. The molecule has 1 aliphatic rings. The van der Waals surface area contributed by atoms with Crippen LogP contribution in [0.2, 0.25) is 0 Å². The van der Waals surface area contributed by atoms with Crippen molar-refractivity contribution in [3.05, 3.63) is 28.3 Å². The molecule has 10 nitrogen and oxygen atoms in total. The largest absolute Gasteiger partial charge is 0.494 e. The Morgan fingerprint density at radius 3 is 2.72 bits per heavy atom. The van der Waals surface area contributed by atoms with Crippen molar-refractivity contribution in [1.82, 2.24) is 5.59 Å². The Bertz CT molecular complexity index is 587. The van der Waals surface area contributed by atoms with Crippen molar-refractivity contribution < 1.29 is 26.6 Å². The minimum atomic E-state index is -4.27. The molecule has 1 saturated heterocycles. The molecule has 98 valence electrons. The lowest BCUT2D eigenvalue weighted by Gasteiger charge is -2.14. The molecule has 0 amide bonds. The molecule has 1 heterocycles. The number of anilines is 1. The van der Waals surface area contributed by atoms with Gasteiger partial charge >= 0.3 is 16.1 Å². The second-order valence-electron chi connectivity index (χ2n) is 3.04. The summed E-state index contributed by atoms with van der Waals surface area (Å²) in [6, 6.07) is 3.94. The van der Waals surface area contributed by atoms with E-state index in [1.54, 1.807) is 0 Å². The summed E-state index contributed by atoms with van der Waals surface area (Å²) in [6.07, 6.45) is 0. The number of hydrazine groups is 1. The number of para-hydroxylation sites is 1. The molecule has 0 radical (unpaired) electrons. The van der Waals surface area contributed by atoms with E-state index in [1.165, 1.54) is 19.2 Å². The van der Waals surface area contributed by atoms with Gasteiger partial charge in [0.05, 0.1) is 12.0 Å². The Morgan fingerprint density at radius 2 is 2.22 bits per heavy atom. The fourth-order valence-electron chi connectivity index (χ4n) is 1.31. The first-order chi connectivity index (χ1) is 8.44. The minimum Gasteiger partial charge on any atom is -0.494 e. The van der Waals surface area contributed by atoms with E-state index in [1.807, 2.05) is 5.59 Å². The first kappa shape index (κ1) is 12.5. The van der Waals surface area contributed by atoms with Crippen molar-refractivity contribution >= 4 is 21.8 Å². The summed E-state index contributed by atoms with van der Waals surface area (Å²) < 4.78 is 35.2. The Morgan fingerprint density at radius 1 is 1.50 bits per heavy atom. The Balaban J connectivity index is 2.51. The molecule has 11 heteroatoms. The molecule has 18 heavy (non-hydrogen) atoms. The minimum absolute atomic E-state index is 0.0393. The average Bonchev–Trinajstić information content (AvgIpc) is 2.68. The average molecular weight is 277 g/mol. The zero-order chi connectivity index (χ0) is 13.3. The number of hydrogen-bond acceptors (Lipinski definition) is 9. The standard InChI is InChI=1S/C7H7N3O7S/c1-15-6-4-2-3-5(10(11)12)7(6)9-8-16-18(13,14)17-9/h2-4,8H,1H3. The monoisotopic (exact) mass is 277 g/mol. The molecule has 0 bridgehead atoms. The van der Waals surface area contributed by atoms with Gasteiger partial charge in [0, 0.05) is 6.07 Å². The van der Waals surface area contributed by atoms with Crippen LogP contribution in [0.25, 0.3) is 0 Å². The summed E-state index contributed by atoms with van der Waals surface area (Å²) in [5.74, 6) is 0.0393. The molecule has 2 rings (SSSR count). The van der Waals surface area contributed by atoms with Crippen LogP contribution in [0.5, 0.6) is 5.75 Å². The van der Waals surface area contributed by atoms with Gasteiger partial charge in [-0.05, 0) is 6.07 Å². The molecule has 0 atom stereocenters. The van der Waals surface area contributed by atoms with E-state index < -0.39 is 21.0 Å². The predicted molar refractivity (Wildman–Crippen MR) is 56.4 cm³/mol. The van der Waals surface area contributed by atoms with E-state index in [9.17, 15) is 18.5 Å². The number of ether oxygens (including phenoxy) is 1. The lowest BCUT2D eigenvalue weighted by atomic mass is 10.2. The van der Waals surface area contributed by atoms with Crippen LogP contribution >= 0.6 is 0 Å². The van der Waals surface area contributed by atoms with Crippen molar-refractivity contribution in [1.29, 1.82) is 0 Å². The van der Waals surface area contributed by atoms with Crippen LogP contribution in [0.3, 0.4) is 0 Å². The first-order valence-corrected chi connectivity index (χ1v) is 5.78. The summed E-state index contributed by atoms with van der Waals surface area (Å²) in [6.45, 7) is 0. The number of nitrogens with one attached hydrogen (secondary N) is 1. The normalized spacial score (nSPS) is 17.7. The number of hydrogen-bond donors (Lipinski definition) is 1. The maximum Gasteiger partial charge on any atom is 0.440 e. The first-order valence-electron chi connectivity index (χ1n) is 4.45. The Hall–Kier alpha value is -1.95. The molecule has 0 unspecified atom stereocenters. The molecule has 1 aliphatic heterocycles. The quantitative estimate of drug-likeness (QED) is 0.602. The highest BCUT2D eigenvalue weighted by Gasteiger charge is 2.35. The van der Waals surface area contributed by atoms with E-state index >= 15 is 0 Å². The number of nitro groups is 1. The molecule has 1 N–H and O–H groups in total. The van der Waals surface area contributed by atoms with Gasteiger partial charge < -0.3 is 4.74 Å². The second-order valence-corrected chi connectivity index (χ2v) is 4.17. The smallest absolute Gasteiger partial charge is 0.440 e. The van der Waals surface area contributed by atoms with Crippen LogP contribution in [0.1, 0.15) is 0 Å². The zero-order valence-electron chi connectivity index (χ0n) is 8.89. The van der Waals surface area contributed by atoms with Crippen LogP contribution in [-0.4, -0.2) is 20.5 Å². The zero-order valence-corrected chi connectivity index (χ0v) is 9.71. The third-order valence-corrected chi connectivity index (χ3v) is 2.60. The van der Waals surface area contributed by atoms with Crippen molar-refractivity contribution in [2.45, 2.75) is 0 Å². The van der Waals surface area contributed by atoms with Gasteiger partial charge in [-0.25, -0.2) is 0 Å². The molecular formula is C7H7N3O7S. The molecule has 1 fully saturated rings. The molecule has 1 aromatic rings. The van der Waals surface area contributed by atoms with Crippen LogP contribution < -0.4 is 15.5 Å². The fourth-order valence-corrected chi connectivity index (χ4v) is 1.79. The predicted octanol–water partition coefficient (Wildman–Crippen LogP) is 0.0360. The van der Waals surface area contributed by atoms with Gasteiger partial charge in [0.1, 0.15) is 0 Å². The van der Waals surface area contributed by atoms with Gasteiger partial charge in [-0.15, -0.1) is 13.7 Å². The third-order valence-electron chi connectivity index (χ3n) is 1.99. The van der Waals surface area contributed by atoms with Crippen LogP contribution in [0, 0.1) is 10.1 Å². The van der Waals surface area contributed by atoms with Gasteiger partial charge in [-0.3, -0.25) is 10.1 Å². The highest BCUT2D eigenvalue weighted by molar-refractivity contribution is 7.82. The lowest BCUT2D eigenvalue weighted by Crippen LogP contribution is -2.29. The van der Waals surface area contributed by atoms with Gasteiger partial charge in [0.2, 0.25) is 5.69 Å². The Labute approximate surface area is 101 Å². The number of methoxy groups -OCH3 is 1. The summed E-state index contributed by atoms with van der Waals surface area (Å²) in [4.78, 5) is 10.1. The summed E-state index contributed by atoms with van der Waals surface area (Å²) >= 11 is 0. The number of nitro benzene ring substituents is 1. The number of benzene rings is 1. The van der Waals surface area contributed by atoms with E-state index in [0.29, 0.717) is 5.17 Å². The van der Waals surface area contributed by atoms with Gasteiger partial charge in [0.15, 0.2) is 5.75 Å². The topological polar surface area (TPSA) is 120 Å². The summed E-state index contributed by atoms with van der Waals surface area (Å²) in [5.41, 5.74) is 1.23. The van der Waals surface area contributed by atoms with E-state index in [4.69, 9.17) is 4.74 Å². The van der Waals surface area contributed by atoms with Crippen LogP contribution in [0.4, 0.5) is 11.4 Å². The van der Waals surface area contributed by atoms with E-state index in [0.717, 1.165) is 6.07 Å². The fraction of sp³-hybridized carbons (Fsp3) is 0.143. The maximum absolute atomic E-state index is 10.9. The number of nitrogens with zero attached hydrogens (tertiary/aromatic N) is 2. The molecule has 0 aromatic heterocycles. The summed E-state index contributed by atoms with van der Waals surface area (Å²) in [5, 5.41) is 11.4. The van der Waals surface area contributed by atoms with Crippen LogP contribution in [0.15, 0.2) is 18.2 Å². The van der Waals surface area contributed by atoms with Crippen LogP contribution in [-0.2, 0) is 19.0 Å². The molecule has 0 spiro atoms. The lowest BCUT2D eigenvalue weighted by molar-refractivity contribution is -0.384. The van der Waals surface area contributed by atoms with Gasteiger partial charge in [0.25, 0.3) is 0 Å². The van der Waals surface area contributed by atoms with Crippen molar-refractivity contribution in [2.24, 2.45) is 0 Å². The maximum atomic E-state index is 10.9. The highest BCUT2D eigenvalue weighted by Crippen LogP contribution is 2.38. The molecule has 0 saturated carbocycles. The van der Waals surface area contributed by atoms with E-state index in [-0.39, 0.29) is 11.4 Å². The summed E-state index contributed by atoms with van der Waals surface area (Å²) in [7, 11) is -3.00. The Kier molecular flexibility index (Phi) is 3.04. The second kappa shape index (κ2) is 4.38. The van der Waals surface area contributed by atoms with Gasteiger partial charge in [-0.1, -0.05) is 11.7 Å². The third kappa shape index (κ3) is 2.19. The van der Waals surface area contributed by atoms with E-state index in [2.05, 4.69) is 8.57 Å². The van der Waals surface area contributed by atoms with Crippen molar-refractivity contribution in [3.63, 3.8) is 0 Å².